The SMILES string of the molecule is O=C(O)C(O)C(O)C(=O)O.O=C1C2=C(CCCC2)C(=O)N1[C@@H]1CCC2(O)[C@H]3Cc4ccc(O)c5c4[C@@]2(CCN3CC2CC2)[C@H]1O5. The summed E-state index contributed by atoms with van der Waals surface area (Å²) in [7, 11) is 0. The van der Waals surface area contributed by atoms with Crippen molar-refractivity contribution in [3.63, 3.8) is 0 Å². The molecule has 2 bridgehead atoms. The fraction of sp³-hybridized carbons (Fsp3) is 0.625. The molecule has 0 aromatic heterocycles. The topological polar surface area (TPSA) is 205 Å². The predicted molar refractivity (Wildman–Crippen MR) is 153 cm³/mol. The molecule has 1 spiro atoms. The number of carboxylic acids is 2. The van der Waals surface area contributed by atoms with E-state index >= 15 is 0 Å². The number of amides is 2. The van der Waals surface area contributed by atoms with E-state index in [0.29, 0.717) is 49.0 Å². The van der Waals surface area contributed by atoms with E-state index in [-0.39, 0.29) is 23.6 Å². The van der Waals surface area contributed by atoms with Crippen molar-refractivity contribution in [2.24, 2.45) is 5.92 Å². The van der Waals surface area contributed by atoms with Crippen LogP contribution in [0.15, 0.2) is 23.3 Å². The first-order chi connectivity index (χ1) is 21.4. The Morgan fingerprint density at radius 2 is 1.58 bits per heavy atom. The average Bonchev–Trinajstić information content (AvgIpc) is 3.71. The van der Waals surface area contributed by atoms with Crippen LogP contribution in [0.2, 0.25) is 0 Å². The molecule has 3 aliphatic heterocycles. The summed E-state index contributed by atoms with van der Waals surface area (Å²) in [5, 5.41) is 56.0. The molecule has 1 saturated heterocycles. The van der Waals surface area contributed by atoms with E-state index in [0.717, 1.165) is 49.4 Å². The lowest BCUT2D eigenvalue weighted by Gasteiger charge is -2.64. The van der Waals surface area contributed by atoms with Gasteiger partial charge in [-0.3, -0.25) is 19.4 Å². The number of aliphatic hydroxyl groups excluding tert-OH is 2. The Balaban J connectivity index is 0.000000284. The molecule has 0 radical (unpaired) electrons. The maximum Gasteiger partial charge on any atom is 0.335 e. The fourth-order valence-electron chi connectivity index (χ4n) is 9.05. The first-order valence-electron chi connectivity index (χ1n) is 15.8. The number of likely N-dealkylation sites (tertiary alicyclic amines) is 1. The van der Waals surface area contributed by atoms with Gasteiger partial charge in [0.1, 0.15) is 6.10 Å². The third kappa shape index (κ3) is 4.27. The first kappa shape index (κ1) is 30.2. The lowest BCUT2D eigenvalue weighted by Crippen LogP contribution is -2.78. The number of benzene rings is 1. The van der Waals surface area contributed by atoms with E-state index in [4.69, 9.17) is 25.2 Å². The van der Waals surface area contributed by atoms with E-state index < -0.39 is 47.3 Å². The highest BCUT2D eigenvalue weighted by Crippen LogP contribution is 2.66. The number of nitrogens with zero attached hydrogens (tertiary/aromatic N) is 2. The van der Waals surface area contributed by atoms with Crippen molar-refractivity contribution in [2.45, 2.75) is 106 Å². The molecule has 45 heavy (non-hydrogen) atoms. The molecule has 2 saturated carbocycles. The Hall–Kier alpha value is -3.52. The van der Waals surface area contributed by atoms with Gasteiger partial charge >= 0.3 is 11.9 Å². The second-order valence-electron chi connectivity index (χ2n) is 13.6. The summed E-state index contributed by atoms with van der Waals surface area (Å²) >= 11 is 0. The molecular formula is C32H38N2O11. The number of phenolic OH excluding ortho intramolecular Hbond substituents is 1. The minimum atomic E-state index is -2.27. The first-order valence-corrected chi connectivity index (χ1v) is 15.8. The largest absolute Gasteiger partial charge is 0.504 e. The average molecular weight is 627 g/mol. The number of hydrogen-bond acceptors (Lipinski definition) is 10. The van der Waals surface area contributed by atoms with Gasteiger partial charge in [0.05, 0.1) is 17.1 Å². The standard InChI is InChI=1S/C28H32N2O5.C4H6O6/c31-20-8-7-16-13-21-28(34)10-9-19(30-25(32)17-3-1-2-4-18(17)26(30)33)24-27(28,22(16)23(20)35-24)11-12-29(21)14-15-5-6-15;5-1(3(7)8)2(6)4(9)10/h7-8,15,19,21,24,31,34H,1-6,9-14H2;1-2,5-6H,(H,7,8)(H,9,10)/t19-,21-,24+,27+,28?;/m1./s1. The van der Waals surface area contributed by atoms with Crippen LogP contribution in [0.4, 0.5) is 0 Å². The van der Waals surface area contributed by atoms with Crippen molar-refractivity contribution in [1.82, 2.24) is 9.80 Å². The zero-order valence-corrected chi connectivity index (χ0v) is 24.7. The molecule has 4 aliphatic carbocycles. The monoisotopic (exact) mass is 626 g/mol. The minimum absolute atomic E-state index is 0.0109. The molecule has 7 aliphatic rings. The number of rotatable bonds is 6. The van der Waals surface area contributed by atoms with Crippen LogP contribution in [-0.4, -0.2) is 113 Å². The van der Waals surface area contributed by atoms with Crippen molar-refractivity contribution in [2.75, 3.05) is 13.1 Å². The van der Waals surface area contributed by atoms with Gasteiger partial charge in [0, 0.05) is 29.3 Å². The molecule has 1 aromatic rings. The summed E-state index contributed by atoms with van der Waals surface area (Å²) in [6.45, 7) is 1.89. The Morgan fingerprint density at radius 3 is 2.16 bits per heavy atom. The number of aliphatic carboxylic acids is 2. The Labute approximate surface area is 258 Å². The molecule has 3 fully saturated rings. The molecule has 8 rings (SSSR count). The number of imide groups is 1. The number of hydrogen-bond donors (Lipinski definition) is 6. The van der Waals surface area contributed by atoms with Crippen LogP contribution in [0.5, 0.6) is 11.5 Å². The number of phenols is 1. The zero-order valence-electron chi connectivity index (χ0n) is 24.7. The third-order valence-corrected chi connectivity index (χ3v) is 11.3. The van der Waals surface area contributed by atoms with Gasteiger partial charge in [0.15, 0.2) is 23.7 Å². The van der Waals surface area contributed by atoms with E-state index in [1.54, 1.807) is 6.07 Å². The minimum Gasteiger partial charge on any atom is -0.504 e. The quantitative estimate of drug-likeness (QED) is 0.238. The Bertz CT molecular complexity index is 1470. The van der Waals surface area contributed by atoms with Crippen LogP contribution >= 0.6 is 0 Å². The van der Waals surface area contributed by atoms with Crippen LogP contribution < -0.4 is 4.74 Å². The summed E-state index contributed by atoms with van der Waals surface area (Å²) in [5.41, 5.74) is 1.73. The molecule has 6 N–H and O–H groups in total. The van der Waals surface area contributed by atoms with E-state index in [1.165, 1.54) is 17.7 Å². The van der Waals surface area contributed by atoms with Crippen LogP contribution in [0.1, 0.15) is 68.9 Å². The zero-order chi connectivity index (χ0) is 32.0. The van der Waals surface area contributed by atoms with Gasteiger partial charge < -0.3 is 35.4 Å². The summed E-state index contributed by atoms with van der Waals surface area (Å²) in [6, 6.07) is 3.25. The molecular weight excluding hydrogens is 588 g/mol. The second-order valence-corrected chi connectivity index (χ2v) is 13.6. The van der Waals surface area contributed by atoms with E-state index in [9.17, 15) is 29.4 Å². The fourth-order valence-corrected chi connectivity index (χ4v) is 9.05. The highest BCUT2D eigenvalue weighted by atomic mass is 16.5. The maximum atomic E-state index is 13.5. The van der Waals surface area contributed by atoms with Crippen molar-refractivity contribution >= 4 is 23.8 Å². The Kier molecular flexibility index (Phi) is 7.04. The molecule has 242 valence electrons. The molecule has 3 heterocycles. The molecule has 3 unspecified atom stereocenters. The van der Waals surface area contributed by atoms with Crippen molar-refractivity contribution in [1.29, 1.82) is 0 Å². The van der Waals surface area contributed by atoms with Gasteiger partial charge in [-0.15, -0.1) is 0 Å². The number of aromatic hydroxyl groups is 1. The predicted octanol–water partition coefficient (Wildman–Crippen LogP) is 0.442. The highest BCUT2D eigenvalue weighted by Gasteiger charge is 2.74. The van der Waals surface area contributed by atoms with Crippen molar-refractivity contribution in [3.05, 3.63) is 34.4 Å². The van der Waals surface area contributed by atoms with Crippen LogP contribution in [0.3, 0.4) is 0 Å². The summed E-state index contributed by atoms with van der Waals surface area (Å²) in [6.07, 6.45) is 3.21. The molecule has 7 atom stereocenters. The lowest BCUT2D eigenvalue weighted by molar-refractivity contribution is -0.201. The van der Waals surface area contributed by atoms with Crippen molar-refractivity contribution < 1.29 is 54.6 Å². The molecule has 2 amide bonds. The van der Waals surface area contributed by atoms with Crippen LogP contribution in [0.25, 0.3) is 0 Å². The van der Waals surface area contributed by atoms with Gasteiger partial charge in [-0.05, 0) is 88.3 Å². The number of ether oxygens (including phenoxy) is 1. The van der Waals surface area contributed by atoms with Gasteiger partial charge in [0.25, 0.3) is 11.8 Å². The summed E-state index contributed by atoms with van der Waals surface area (Å²) in [5.74, 6) is -2.57. The van der Waals surface area contributed by atoms with Gasteiger partial charge in [0.2, 0.25) is 0 Å². The smallest absolute Gasteiger partial charge is 0.335 e. The third-order valence-electron chi connectivity index (χ3n) is 11.3. The number of carboxylic acid groups (broad SMARTS) is 2. The normalized spacial score (nSPS) is 34.3. The number of carbonyl (C=O) groups is 4. The lowest BCUT2D eigenvalue weighted by atomic mass is 9.48. The van der Waals surface area contributed by atoms with Gasteiger partial charge in [-0.2, -0.15) is 0 Å². The maximum absolute atomic E-state index is 13.5. The van der Waals surface area contributed by atoms with E-state index in [1.807, 2.05) is 6.07 Å². The highest BCUT2D eigenvalue weighted by molar-refractivity contribution is 6.19. The summed E-state index contributed by atoms with van der Waals surface area (Å²) < 4.78 is 6.59. The molecule has 13 heteroatoms. The molecule has 13 nitrogen and oxygen atoms in total. The van der Waals surface area contributed by atoms with Gasteiger partial charge in [-0.25, -0.2) is 9.59 Å². The van der Waals surface area contributed by atoms with Crippen LogP contribution in [-0.2, 0) is 31.0 Å². The van der Waals surface area contributed by atoms with Crippen LogP contribution in [0, 0.1) is 5.92 Å². The second kappa shape index (κ2) is 10.5. The van der Waals surface area contributed by atoms with Crippen molar-refractivity contribution in [3.8, 4) is 11.5 Å². The van der Waals surface area contributed by atoms with E-state index in [2.05, 4.69) is 4.90 Å². The molecule has 1 aromatic carbocycles. The summed E-state index contributed by atoms with van der Waals surface area (Å²) in [4.78, 5) is 50.6. The number of piperidine rings is 1. The number of carbonyl (C=O) groups excluding carboxylic acids is 2. The van der Waals surface area contributed by atoms with Gasteiger partial charge in [-0.1, -0.05) is 6.07 Å². The number of aliphatic hydroxyl groups is 3. The Morgan fingerprint density at radius 1 is 0.956 bits per heavy atom.